The summed E-state index contributed by atoms with van der Waals surface area (Å²) in [5.41, 5.74) is 0. The van der Waals surface area contributed by atoms with Crippen LogP contribution in [0.4, 0.5) is 12.9 Å². The molecule has 1 aliphatic heterocycles. The van der Waals surface area contributed by atoms with E-state index in [-0.39, 0.29) is 57.3 Å². The summed E-state index contributed by atoms with van der Waals surface area (Å²) in [7, 11) is 0. The first-order valence-electron chi connectivity index (χ1n) is 3.83. The predicted octanol–water partition coefficient (Wildman–Crippen LogP) is -0.265. The minimum atomic E-state index is -4.56. The Morgan fingerprint density at radius 2 is 2.00 bits per heavy atom. The standard InChI is InChI=1S/C6H9BF3S.K/c8-7(9,10)6-1-2-11-4-5(6)3-6;/h5H,1-4H2;/q-1;+1. The van der Waals surface area contributed by atoms with Gasteiger partial charge in [-0.25, -0.2) is 0 Å². The van der Waals surface area contributed by atoms with Crippen molar-refractivity contribution in [2.45, 2.75) is 18.2 Å². The fourth-order valence-electron chi connectivity index (χ4n) is 1.98. The number of halogens is 3. The second-order valence-electron chi connectivity index (χ2n) is 3.53. The molecule has 1 aliphatic carbocycles. The van der Waals surface area contributed by atoms with Gasteiger partial charge in [0.15, 0.2) is 0 Å². The Balaban J connectivity index is 0.000000720. The summed E-state index contributed by atoms with van der Waals surface area (Å²) in [5.74, 6) is 1.42. The number of thioether (sulfide) groups is 1. The van der Waals surface area contributed by atoms with Crippen molar-refractivity contribution in [1.82, 2.24) is 0 Å². The maximum Gasteiger partial charge on any atom is 1.00 e. The van der Waals surface area contributed by atoms with Crippen LogP contribution in [0.2, 0.25) is 5.31 Å². The molecule has 2 unspecified atom stereocenters. The van der Waals surface area contributed by atoms with Crippen molar-refractivity contribution in [2.24, 2.45) is 5.92 Å². The van der Waals surface area contributed by atoms with Crippen LogP contribution in [-0.2, 0) is 0 Å². The van der Waals surface area contributed by atoms with Crippen LogP contribution in [0.5, 0.6) is 0 Å². The molecular weight excluding hydrogens is 211 g/mol. The first kappa shape index (κ1) is 11.9. The molecule has 2 fully saturated rings. The first-order valence-corrected chi connectivity index (χ1v) is 4.99. The minimum Gasteiger partial charge on any atom is -0.449 e. The van der Waals surface area contributed by atoms with Crippen LogP contribution >= 0.6 is 11.8 Å². The molecule has 0 aromatic heterocycles. The molecule has 0 radical (unpaired) electrons. The zero-order valence-corrected chi connectivity index (χ0v) is 11.0. The molecule has 64 valence electrons. The van der Waals surface area contributed by atoms with Crippen LogP contribution < -0.4 is 51.4 Å². The topological polar surface area (TPSA) is 0 Å². The molecular formula is C6H9BF3KS. The maximum absolute atomic E-state index is 12.4. The first-order chi connectivity index (χ1) is 5.06. The van der Waals surface area contributed by atoms with E-state index in [1.165, 1.54) is 0 Å². The van der Waals surface area contributed by atoms with E-state index in [1.807, 2.05) is 0 Å². The maximum atomic E-state index is 12.4. The number of hydrogen-bond acceptors (Lipinski definition) is 1. The molecule has 0 aromatic rings. The summed E-state index contributed by atoms with van der Waals surface area (Å²) >= 11 is 1.67. The van der Waals surface area contributed by atoms with Gasteiger partial charge in [0.2, 0.25) is 0 Å². The van der Waals surface area contributed by atoms with Gasteiger partial charge in [-0.05, 0) is 11.5 Å². The average molecular weight is 220 g/mol. The Labute approximate surface area is 117 Å². The van der Waals surface area contributed by atoms with Crippen molar-refractivity contribution in [1.29, 1.82) is 0 Å². The van der Waals surface area contributed by atoms with E-state index in [1.54, 1.807) is 11.8 Å². The molecule has 2 aliphatic rings. The second-order valence-corrected chi connectivity index (χ2v) is 4.68. The Hall–Kier alpha value is 1.84. The summed E-state index contributed by atoms with van der Waals surface area (Å²) in [6, 6.07) is 0. The number of rotatable bonds is 1. The van der Waals surface area contributed by atoms with E-state index in [9.17, 15) is 12.9 Å². The van der Waals surface area contributed by atoms with Crippen LogP contribution in [0.25, 0.3) is 0 Å². The van der Waals surface area contributed by atoms with Gasteiger partial charge in [0.1, 0.15) is 0 Å². The van der Waals surface area contributed by atoms with Gasteiger partial charge in [-0.1, -0.05) is 24.1 Å². The van der Waals surface area contributed by atoms with Crippen molar-refractivity contribution in [3.05, 3.63) is 0 Å². The van der Waals surface area contributed by atoms with E-state index in [2.05, 4.69) is 0 Å². The monoisotopic (exact) mass is 220 g/mol. The third-order valence-electron chi connectivity index (χ3n) is 2.96. The third kappa shape index (κ3) is 1.80. The van der Waals surface area contributed by atoms with E-state index in [4.69, 9.17) is 0 Å². The number of fused-ring (bicyclic) bond motifs is 1. The molecule has 2 rings (SSSR count). The predicted molar refractivity (Wildman–Crippen MR) is 41.8 cm³/mol. The minimum absolute atomic E-state index is 0. The van der Waals surface area contributed by atoms with Crippen molar-refractivity contribution < 1.29 is 64.3 Å². The molecule has 2 atom stereocenters. The van der Waals surface area contributed by atoms with Crippen molar-refractivity contribution in [3.8, 4) is 0 Å². The van der Waals surface area contributed by atoms with Gasteiger partial charge in [-0.15, -0.1) is 0 Å². The van der Waals surface area contributed by atoms with E-state index >= 15 is 0 Å². The van der Waals surface area contributed by atoms with Crippen LogP contribution in [-0.4, -0.2) is 18.5 Å². The molecule has 0 nitrogen and oxygen atoms in total. The van der Waals surface area contributed by atoms with Gasteiger partial charge in [0.05, 0.1) is 0 Å². The molecule has 0 spiro atoms. The summed E-state index contributed by atoms with van der Waals surface area (Å²) in [6.07, 6.45) is 0.801. The molecule has 1 heterocycles. The number of hydrogen-bond donors (Lipinski definition) is 0. The molecule has 1 saturated heterocycles. The van der Waals surface area contributed by atoms with Crippen LogP contribution in [0, 0.1) is 5.92 Å². The summed E-state index contributed by atoms with van der Waals surface area (Å²) in [6.45, 7) is -4.56. The van der Waals surface area contributed by atoms with Crippen molar-refractivity contribution >= 4 is 18.7 Å². The van der Waals surface area contributed by atoms with E-state index in [0.29, 0.717) is 18.6 Å². The van der Waals surface area contributed by atoms with E-state index < -0.39 is 12.3 Å². The molecule has 12 heavy (non-hydrogen) atoms. The summed E-state index contributed by atoms with van der Waals surface area (Å²) in [5, 5.41) is -1.18. The molecule has 0 bridgehead atoms. The fraction of sp³-hybridized carbons (Fsp3) is 1.00. The van der Waals surface area contributed by atoms with E-state index in [0.717, 1.165) is 5.75 Å². The molecule has 0 amide bonds. The van der Waals surface area contributed by atoms with Crippen LogP contribution in [0.1, 0.15) is 12.8 Å². The zero-order valence-electron chi connectivity index (χ0n) is 7.03. The zero-order chi connectivity index (χ0) is 8.11. The quantitative estimate of drug-likeness (QED) is 0.548. The average Bonchev–Trinajstić information content (AvgIpc) is 2.59. The molecule has 6 heteroatoms. The van der Waals surface area contributed by atoms with Gasteiger partial charge in [-0.2, -0.15) is 11.8 Å². The largest absolute Gasteiger partial charge is 1.00 e. The molecule has 0 aromatic carbocycles. The normalized spacial score (nSPS) is 39.8. The Morgan fingerprint density at radius 3 is 2.42 bits per heavy atom. The Morgan fingerprint density at radius 1 is 1.33 bits per heavy atom. The van der Waals surface area contributed by atoms with Crippen LogP contribution in [0.15, 0.2) is 0 Å². The molecule has 1 saturated carbocycles. The van der Waals surface area contributed by atoms with Gasteiger partial charge < -0.3 is 12.9 Å². The van der Waals surface area contributed by atoms with Crippen LogP contribution in [0.3, 0.4) is 0 Å². The fourth-order valence-corrected chi connectivity index (χ4v) is 3.41. The summed E-state index contributed by atoms with van der Waals surface area (Å²) in [4.78, 5) is 0. The van der Waals surface area contributed by atoms with Gasteiger partial charge >= 0.3 is 58.4 Å². The smallest absolute Gasteiger partial charge is 0.449 e. The molecule has 0 N–H and O–H groups in total. The summed E-state index contributed by atoms with van der Waals surface area (Å²) < 4.78 is 37.3. The van der Waals surface area contributed by atoms with Gasteiger partial charge in [-0.3, -0.25) is 0 Å². The van der Waals surface area contributed by atoms with Gasteiger partial charge in [0.25, 0.3) is 0 Å². The van der Waals surface area contributed by atoms with Crippen molar-refractivity contribution in [3.63, 3.8) is 0 Å². The van der Waals surface area contributed by atoms with Gasteiger partial charge in [0, 0.05) is 0 Å². The third-order valence-corrected chi connectivity index (χ3v) is 4.09. The SMILES string of the molecule is F[B-](F)(F)C12CCSCC1C2.[K+]. The Kier molecular flexibility index (Phi) is 3.75. The second kappa shape index (κ2) is 3.77. The Bertz CT molecular complexity index is 186. The van der Waals surface area contributed by atoms with Crippen molar-refractivity contribution in [2.75, 3.05) is 11.5 Å².